The lowest BCUT2D eigenvalue weighted by Crippen LogP contribution is -2.28. The molecule has 5 heteroatoms. The minimum Gasteiger partial charge on any atom is -0.375 e. The Hall–Kier alpha value is -1.85. The van der Waals surface area contributed by atoms with E-state index in [0.29, 0.717) is 11.4 Å². The number of sulfonamides is 1. The quantitative estimate of drug-likeness (QED) is 0.793. The Kier molecular flexibility index (Phi) is 5.80. The van der Waals surface area contributed by atoms with Gasteiger partial charge in [-0.05, 0) is 49.6 Å². The second-order valence-electron chi connectivity index (χ2n) is 5.78. The van der Waals surface area contributed by atoms with E-state index >= 15 is 0 Å². The van der Waals surface area contributed by atoms with Crippen molar-refractivity contribution in [3.05, 3.63) is 59.7 Å². The second-order valence-corrected chi connectivity index (χ2v) is 7.51. The van der Waals surface area contributed by atoms with E-state index in [-0.39, 0.29) is 0 Å². The van der Waals surface area contributed by atoms with Crippen molar-refractivity contribution in [2.75, 3.05) is 25.0 Å². The molecular weight excluding hydrogens is 308 g/mol. The van der Waals surface area contributed by atoms with Gasteiger partial charge in [-0.2, -0.15) is 0 Å². The molecule has 1 N–H and O–H groups in total. The number of benzene rings is 2. The molecule has 0 aromatic heterocycles. The lowest BCUT2D eigenvalue weighted by atomic mass is 10.2. The number of anilines is 1. The summed E-state index contributed by atoms with van der Waals surface area (Å²) in [5.41, 5.74) is 2.84. The molecule has 0 aliphatic carbocycles. The molecule has 2 rings (SSSR count). The van der Waals surface area contributed by atoms with Crippen molar-refractivity contribution in [2.24, 2.45) is 0 Å². The van der Waals surface area contributed by atoms with Crippen molar-refractivity contribution in [2.45, 2.75) is 25.2 Å². The molecule has 0 saturated carbocycles. The standard InChI is InChI=1S/C18H24N2O2S/c1-15-10-11-16(2)18(14-15)23(21,22)19-12-7-13-20(3)17-8-5-4-6-9-17/h4-6,8-11,14,19H,7,12-13H2,1-3H3. The number of nitrogens with zero attached hydrogens (tertiary/aromatic N) is 1. The lowest BCUT2D eigenvalue weighted by Gasteiger charge is -2.19. The Morgan fingerprint density at radius 1 is 1.04 bits per heavy atom. The number of hydrogen-bond acceptors (Lipinski definition) is 3. The van der Waals surface area contributed by atoms with Gasteiger partial charge < -0.3 is 4.90 Å². The summed E-state index contributed by atoms with van der Waals surface area (Å²) in [5, 5.41) is 0. The number of rotatable bonds is 7. The first-order valence-corrected chi connectivity index (χ1v) is 9.21. The Morgan fingerprint density at radius 3 is 2.43 bits per heavy atom. The molecule has 2 aromatic rings. The first kappa shape index (κ1) is 17.5. The minimum atomic E-state index is -3.44. The van der Waals surface area contributed by atoms with Crippen molar-refractivity contribution in [3.63, 3.8) is 0 Å². The van der Waals surface area contributed by atoms with Crippen LogP contribution in [0.1, 0.15) is 17.5 Å². The molecule has 0 fully saturated rings. The zero-order valence-electron chi connectivity index (χ0n) is 13.9. The van der Waals surface area contributed by atoms with Crippen LogP contribution >= 0.6 is 0 Å². The summed E-state index contributed by atoms with van der Waals surface area (Å²) < 4.78 is 27.5. The zero-order chi connectivity index (χ0) is 16.9. The lowest BCUT2D eigenvalue weighted by molar-refractivity contribution is 0.578. The number of aryl methyl sites for hydroxylation is 2. The highest BCUT2D eigenvalue weighted by atomic mass is 32.2. The van der Waals surface area contributed by atoms with Gasteiger partial charge in [-0.25, -0.2) is 13.1 Å². The van der Waals surface area contributed by atoms with Crippen LogP contribution in [0.15, 0.2) is 53.4 Å². The molecule has 0 saturated heterocycles. The number of hydrogen-bond donors (Lipinski definition) is 1. The van der Waals surface area contributed by atoms with Crippen molar-refractivity contribution < 1.29 is 8.42 Å². The number of para-hydroxylation sites is 1. The fourth-order valence-electron chi connectivity index (χ4n) is 2.41. The van der Waals surface area contributed by atoms with E-state index in [9.17, 15) is 8.42 Å². The van der Waals surface area contributed by atoms with Crippen LogP contribution in [-0.2, 0) is 10.0 Å². The summed E-state index contributed by atoms with van der Waals surface area (Å²) in [6.07, 6.45) is 0.746. The van der Waals surface area contributed by atoms with Gasteiger partial charge in [-0.1, -0.05) is 30.3 Å². The third-order valence-corrected chi connectivity index (χ3v) is 5.40. The molecule has 0 amide bonds. The summed E-state index contributed by atoms with van der Waals surface area (Å²) in [7, 11) is -1.44. The molecule has 0 aliphatic rings. The van der Waals surface area contributed by atoms with Crippen molar-refractivity contribution in [3.8, 4) is 0 Å². The van der Waals surface area contributed by atoms with Gasteiger partial charge in [0.2, 0.25) is 10.0 Å². The van der Waals surface area contributed by atoms with E-state index in [1.807, 2.05) is 63.4 Å². The minimum absolute atomic E-state index is 0.369. The maximum Gasteiger partial charge on any atom is 0.240 e. The van der Waals surface area contributed by atoms with Crippen molar-refractivity contribution in [1.82, 2.24) is 4.72 Å². The van der Waals surface area contributed by atoms with Crippen LogP contribution in [0.25, 0.3) is 0 Å². The highest BCUT2D eigenvalue weighted by Gasteiger charge is 2.16. The predicted molar refractivity (Wildman–Crippen MR) is 95.4 cm³/mol. The fourth-order valence-corrected chi connectivity index (χ4v) is 3.81. The molecule has 2 aromatic carbocycles. The predicted octanol–water partition coefficient (Wildman–Crippen LogP) is 3.11. The van der Waals surface area contributed by atoms with Gasteiger partial charge in [0.15, 0.2) is 0 Å². The van der Waals surface area contributed by atoms with Gasteiger partial charge in [0.1, 0.15) is 0 Å². The maximum absolute atomic E-state index is 12.4. The first-order valence-electron chi connectivity index (χ1n) is 7.73. The molecular formula is C18H24N2O2S. The molecule has 0 atom stereocenters. The van der Waals surface area contributed by atoms with E-state index in [1.54, 1.807) is 6.07 Å². The van der Waals surface area contributed by atoms with Gasteiger partial charge in [0.05, 0.1) is 4.90 Å². The largest absolute Gasteiger partial charge is 0.375 e. The van der Waals surface area contributed by atoms with Gasteiger partial charge in [0.25, 0.3) is 0 Å². The van der Waals surface area contributed by atoms with Gasteiger partial charge >= 0.3 is 0 Å². The van der Waals surface area contributed by atoms with E-state index in [1.165, 1.54) is 0 Å². The summed E-state index contributed by atoms with van der Waals surface area (Å²) >= 11 is 0. The summed E-state index contributed by atoms with van der Waals surface area (Å²) in [4.78, 5) is 2.49. The highest BCUT2D eigenvalue weighted by Crippen LogP contribution is 2.16. The molecule has 23 heavy (non-hydrogen) atoms. The van der Waals surface area contributed by atoms with Crippen LogP contribution in [0.2, 0.25) is 0 Å². The van der Waals surface area contributed by atoms with E-state index in [4.69, 9.17) is 0 Å². The monoisotopic (exact) mass is 332 g/mol. The highest BCUT2D eigenvalue weighted by molar-refractivity contribution is 7.89. The SMILES string of the molecule is Cc1ccc(C)c(S(=O)(=O)NCCCN(C)c2ccccc2)c1. The van der Waals surface area contributed by atoms with Gasteiger partial charge in [-0.15, -0.1) is 0 Å². The van der Waals surface area contributed by atoms with Crippen LogP contribution < -0.4 is 9.62 Å². The van der Waals surface area contributed by atoms with Crippen molar-refractivity contribution in [1.29, 1.82) is 0 Å². The van der Waals surface area contributed by atoms with Crippen LogP contribution in [0.4, 0.5) is 5.69 Å². The smallest absolute Gasteiger partial charge is 0.240 e. The normalized spacial score (nSPS) is 11.4. The number of nitrogens with one attached hydrogen (secondary N) is 1. The third kappa shape index (κ3) is 4.81. The summed E-state index contributed by atoms with van der Waals surface area (Å²) in [6.45, 7) is 4.93. The average Bonchev–Trinajstić information content (AvgIpc) is 2.54. The van der Waals surface area contributed by atoms with Crippen molar-refractivity contribution >= 4 is 15.7 Å². The van der Waals surface area contributed by atoms with E-state index < -0.39 is 10.0 Å². The topological polar surface area (TPSA) is 49.4 Å². The molecule has 0 unspecified atom stereocenters. The molecule has 0 spiro atoms. The Balaban J connectivity index is 1.89. The van der Waals surface area contributed by atoms with Crippen LogP contribution in [0.5, 0.6) is 0 Å². The van der Waals surface area contributed by atoms with E-state index in [2.05, 4.69) is 9.62 Å². The van der Waals surface area contributed by atoms with Crippen LogP contribution in [0.3, 0.4) is 0 Å². The van der Waals surface area contributed by atoms with Crippen LogP contribution in [0, 0.1) is 13.8 Å². The molecule has 124 valence electrons. The van der Waals surface area contributed by atoms with Crippen LogP contribution in [-0.4, -0.2) is 28.6 Å². The molecule has 0 radical (unpaired) electrons. The molecule has 0 bridgehead atoms. The Bertz CT molecular complexity index is 743. The fraction of sp³-hybridized carbons (Fsp3) is 0.333. The first-order chi connectivity index (χ1) is 10.9. The zero-order valence-corrected chi connectivity index (χ0v) is 14.7. The molecule has 4 nitrogen and oxygen atoms in total. The summed E-state index contributed by atoms with van der Waals surface area (Å²) in [5.74, 6) is 0. The Labute approximate surface area is 139 Å². The molecule has 0 heterocycles. The Morgan fingerprint density at radius 2 is 1.74 bits per heavy atom. The average molecular weight is 332 g/mol. The third-order valence-electron chi connectivity index (χ3n) is 3.79. The van der Waals surface area contributed by atoms with E-state index in [0.717, 1.165) is 29.8 Å². The maximum atomic E-state index is 12.4. The summed E-state index contributed by atoms with van der Waals surface area (Å²) in [6, 6.07) is 15.5. The second kappa shape index (κ2) is 7.62. The van der Waals surface area contributed by atoms with Gasteiger partial charge in [0, 0.05) is 25.8 Å². The van der Waals surface area contributed by atoms with Gasteiger partial charge in [-0.3, -0.25) is 0 Å². The molecule has 0 aliphatic heterocycles.